The molecule has 1 fully saturated rings. The van der Waals surface area contributed by atoms with Crippen LogP contribution in [0.2, 0.25) is 0 Å². The Labute approximate surface area is 98.0 Å². The quantitative estimate of drug-likeness (QED) is 0.368. The predicted octanol–water partition coefficient (Wildman–Crippen LogP) is -2.87. The Bertz CT molecular complexity index is 303. The van der Waals surface area contributed by atoms with Crippen molar-refractivity contribution in [1.29, 1.82) is 0 Å². The second kappa shape index (κ2) is 4.24. The van der Waals surface area contributed by atoms with Gasteiger partial charge >= 0.3 is 29.6 Å². The maximum absolute atomic E-state index is 10.4. The summed E-state index contributed by atoms with van der Waals surface area (Å²) in [4.78, 5) is 10.4. The van der Waals surface area contributed by atoms with Crippen LogP contribution >= 0.6 is 0 Å². The van der Waals surface area contributed by atoms with Crippen LogP contribution in [0.4, 0.5) is 0 Å². The smallest absolute Gasteiger partial charge is 0.545 e. The van der Waals surface area contributed by atoms with Gasteiger partial charge in [0.1, 0.15) is 6.10 Å². The van der Waals surface area contributed by atoms with Crippen molar-refractivity contribution in [3.8, 4) is 0 Å². The molecular weight excluding hydrogens is 179 g/mol. The molecule has 1 heterocycles. The molecule has 1 aliphatic rings. The molecule has 1 aromatic carbocycles. The zero-order valence-electron chi connectivity index (χ0n) is 7.32. The van der Waals surface area contributed by atoms with Crippen molar-refractivity contribution >= 4 is 5.97 Å². The number of epoxide rings is 1. The maximum Gasteiger partial charge on any atom is 1.00 e. The van der Waals surface area contributed by atoms with E-state index in [0.29, 0.717) is 0 Å². The van der Waals surface area contributed by atoms with E-state index in [2.05, 4.69) is 0 Å². The molecule has 0 spiro atoms. The van der Waals surface area contributed by atoms with Crippen molar-refractivity contribution in [3.63, 3.8) is 0 Å². The minimum Gasteiger partial charge on any atom is -0.545 e. The molecule has 1 saturated heterocycles. The summed E-state index contributed by atoms with van der Waals surface area (Å²) in [6.07, 6.45) is 0.181. The zero-order valence-corrected chi connectivity index (χ0v) is 9.32. The Hall–Kier alpha value is -0.350. The monoisotopic (exact) mass is 186 g/mol. The van der Waals surface area contributed by atoms with E-state index in [1.54, 1.807) is 12.1 Å². The normalized spacial score (nSPS) is 18.9. The summed E-state index contributed by atoms with van der Waals surface area (Å²) in [5.74, 6) is -1.14. The summed E-state index contributed by atoms with van der Waals surface area (Å²) in [5, 5.41) is 10.4. The minimum atomic E-state index is -1.14. The van der Waals surface area contributed by atoms with Crippen molar-refractivity contribution in [3.05, 3.63) is 35.4 Å². The summed E-state index contributed by atoms with van der Waals surface area (Å²) in [7, 11) is 0. The van der Waals surface area contributed by atoms with E-state index in [-0.39, 0.29) is 41.2 Å². The van der Waals surface area contributed by atoms with Gasteiger partial charge in [-0.3, -0.25) is 0 Å². The number of carbonyl (C=O) groups is 1. The number of hydrogen-bond donors (Lipinski definition) is 0. The second-order valence-corrected chi connectivity index (χ2v) is 2.73. The van der Waals surface area contributed by atoms with E-state index in [9.17, 15) is 9.90 Å². The van der Waals surface area contributed by atoms with Gasteiger partial charge < -0.3 is 14.6 Å². The average molecular weight is 186 g/mol. The zero-order chi connectivity index (χ0) is 8.55. The van der Waals surface area contributed by atoms with Crippen LogP contribution in [0, 0.1) is 0 Å². The van der Waals surface area contributed by atoms with Crippen molar-refractivity contribution in [2.75, 3.05) is 6.61 Å². The van der Waals surface area contributed by atoms with Gasteiger partial charge in [0.05, 0.1) is 12.6 Å². The summed E-state index contributed by atoms with van der Waals surface area (Å²) in [5.41, 5.74) is 1.24. The van der Waals surface area contributed by atoms with Gasteiger partial charge in [0.15, 0.2) is 0 Å². The summed E-state index contributed by atoms with van der Waals surface area (Å²) < 4.78 is 5.03. The number of ether oxygens (including phenoxy) is 1. The van der Waals surface area contributed by atoms with Gasteiger partial charge in [-0.25, -0.2) is 0 Å². The molecule has 0 aromatic heterocycles. The number of benzene rings is 1. The third-order valence-corrected chi connectivity index (χ3v) is 1.85. The molecule has 0 amide bonds. The first-order valence-corrected chi connectivity index (χ1v) is 3.70. The van der Waals surface area contributed by atoms with E-state index in [4.69, 9.17) is 4.74 Å². The molecule has 1 unspecified atom stereocenters. The third kappa shape index (κ3) is 2.54. The Morgan fingerprint density at radius 3 is 2.31 bits per heavy atom. The fourth-order valence-electron chi connectivity index (χ4n) is 1.07. The number of rotatable bonds is 2. The summed E-state index contributed by atoms with van der Waals surface area (Å²) >= 11 is 0. The van der Waals surface area contributed by atoms with Crippen LogP contribution in [0.15, 0.2) is 24.3 Å². The van der Waals surface area contributed by atoms with Crippen LogP contribution in [0.3, 0.4) is 0 Å². The molecule has 62 valence electrons. The SMILES string of the molecule is O=C([O-])c1ccc(C2CO2)cc1.[Na+]. The van der Waals surface area contributed by atoms with Crippen molar-refractivity contribution in [1.82, 2.24) is 0 Å². The predicted molar refractivity (Wildman–Crippen MR) is 39.5 cm³/mol. The van der Waals surface area contributed by atoms with Crippen molar-refractivity contribution < 1.29 is 44.2 Å². The van der Waals surface area contributed by atoms with Gasteiger partial charge in [-0.1, -0.05) is 24.3 Å². The van der Waals surface area contributed by atoms with E-state index in [1.165, 1.54) is 12.1 Å². The maximum atomic E-state index is 10.4. The van der Waals surface area contributed by atoms with Gasteiger partial charge in [0.2, 0.25) is 0 Å². The van der Waals surface area contributed by atoms with E-state index >= 15 is 0 Å². The first kappa shape index (κ1) is 10.7. The molecule has 1 aliphatic heterocycles. The Morgan fingerprint density at radius 2 is 1.92 bits per heavy atom. The molecule has 0 bridgehead atoms. The first-order chi connectivity index (χ1) is 5.77. The molecule has 0 N–H and O–H groups in total. The number of carboxylic acids is 1. The standard InChI is InChI=1S/C9H8O3.Na/c10-9(11)7-3-1-6(2-4-7)8-5-12-8;/h1-4,8H,5H2,(H,10,11);/q;+1/p-1. The minimum absolute atomic E-state index is 0. The number of carbonyl (C=O) groups excluding carboxylic acids is 1. The number of hydrogen-bond acceptors (Lipinski definition) is 3. The molecule has 0 saturated carbocycles. The van der Waals surface area contributed by atoms with Gasteiger partial charge in [0.25, 0.3) is 0 Å². The Balaban J connectivity index is 0.000000845. The van der Waals surface area contributed by atoms with Crippen molar-refractivity contribution in [2.24, 2.45) is 0 Å². The number of aromatic carboxylic acids is 1. The van der Waals surface area contributed by atoms with Crippen LogP contribution in [-0.4, -0.2) is 12.6 Å². The molecule has 2 rings (SSSR count). The molecule has 4 heteroatoms. The molecule has 0 radical (unpaired) electrons. The third-order valence-electron chi connectivity index (χ3n) is 1.85. The average Bonchev–Trinajstić information content (AvgIpc) is 2.87. The van der Waals surface area contributed by atoms with E-state index in [1.807, 2.05) is 0 Å². The van der Waals surface area contributed by atoms with Crippen LogP contribution in [0.5, 0.6) is 0 Å². The van der Waals surface area contributed by atoms with Gasteiger partial charge in [-0.15, -0.1) is 0 Å². The summed E-state index contributed by atoms with van der Waals surface area (Å²) in [6.45, 7) is 0.741. The van der Waals surface area contributed by atoms with Crippen molar-refractivity contribution in [2.45, 2.75) is 6.10 Å². The summed E-state index contributed by atoms with van der Waals surface area (Å²) in [6, 6.07) is 6.57. The fourth-order valence-corrected chi connectivity index (χ4v) is 1.07. The van der Waals surface area contributed by atoms with E-state index < -0.39 is 5.97 Å². The number of carboxylic acid groups (broad SMARTS) is 1. The molecule has 1 atom stereocenters. The molecule has 1 aromatic rings. The first-order valence-electron chi connectivity index (χ1n) is 3.70. The van der Waals surface area contributed by atoms with Gasteiger partial charge in [0, 0.05) is 0 Å². The fraction of sp³-hybridized carbons (Fsp3) is 0.222. The molecule has 13 heavy (non-hydrogen) atoms. The molecular formula is C9H7NaO3. The molecule has 0 aliphatic carbocycles. The van der Waals surface area contributed by atoms with Crippen LogP contribution in [-0.2, 0) is 4.74 Å². The topological polar surface area (TPSA) is 52.7 Å². The largest absolute Gasteiger partial charge is 1.00 e. The Kier molecular flexibility index (Phi) is 3.50. The molecule has 3 nitrogen and oxygen atoms in total. The van der Waals surface area contributed by atoms with Gasteiger partial charge in [-0.2, -0.15) is 0 Å². The second-order valence-electron chi connectivity index (χ2n) is 2.73. The van der Waals surface area contributed by atoms with E-state index in [0.717, 1.165) is 12.2 Å². The van der Waals surface area contributed by atoms with Crippen LogP contribution < -0.4 is 34.7 Å². The van der Waals surface area contributed by atoms with Crippen LogP contribution in [0.1, 0.15) is 22.0 Å². The van der Waals surface area contributed by atoms with Gasteiger partial charge in [-0.05, 0) is 11.1 Å². The Morgan fingerprint density at radius 1 is 1.38 bits per heavy atom. The van der Waals surface area contributed by atoms with Crippen LogP contribution in [0.25, 0.3) is 0 Å².